The molecule has 0 N–H and O–H groups in total. The van der Waals surface area contributed by atoms with Crippen molar-refractivity contribution in [3.05, 3.63) is 42.8 Å². The van der Waals surface area contributed by atoms with Crippen LogP contribution in [0.2, 0.25) is 0 Å². The van der Waals surface area contributed by atoms with Gasteiger partial charge in [-0.3, -0.25) is 4.40 Å². The third-order valence-electron chi connectivity index (χ3n) is 2.43. The van der Waals surface area contributed by atoms with Gasteiger partial charge in [-0.25, -0.2) is 4.98 Å². The second-order valence-electron chi connectivity index (χ2n) is 3.38. The Hall–Kier alpha value is -1.68. The van der Waals surface area contributed by atoms with Crippen molar-refractivity contribution in [2.75, 3.05) is 6.26 Å². The van der Waals surface area contributed by atoms with Crippen LogP contribution in [0.3, 0.4) is 0 Å². The summed E-state index contributed by atoms with van der Waals surface area (Å²) in [6.07, 6.45) is 5.73. The van der Waals surface area contributed by atoms with Crippen LogP contribution in [0.5, 0.6) is 0 Å². The zero-order valence-electron chi connectivity index (χ0n) is 8.75. The van der Waals surface area contributed by atoms with E-state index in [0.29, 0.717) is 0 Å². The first-order valence-corrected chi connectivity index (χ1v) is 6.17. The number of hydrogen-bond donors (Lipinski definition) is 0. The number of nitrogens with zero attached hydrogens (tertiary/aromatic N) is 2. The fourth-order valence-corrected chi connectivity index (χ4v) is 2.43. The van der Waals surface area contributed by atoms with Gasteiger partial charge in [0.15, 0.2) is 5.76 Å². The van der Waals surface area contributed by atoms with Gasteiger partial charge >= 0.3 is 0 Å². The van der Waals surface area contributed by atoms with Crippen LogP contribution < -0.4 is 0 Å². The summed E-state index contributed by atoms with van der Waals surface area (Å²) >= 11 is 1.67. The summed E-state index contributed by atoms with van der Waals surface area (Å²) in [6.45, 7) is 0. The molecule has 0 radical (unpaired) electrons. The maximum Gasteiger partial charge on any atom is 0.155 e. The highest BCUT2D eigenvalue weighted by Gasteiger charge is 2.14. The topological polar surface area (TPSA) is 30.4 Å². The molecule has 0 saturated heterocycles. The summed E-state index contributed by atoms with van der Waals surface area (Å²) in [7, 11) is 0. The summed E-state index contributed by atoms with van der Waals surface area (Å²) in [4.78, 5) is 4.57. The van der Waals surface area contributed by atoms with Crippen LogP contribution in [0.15, 0.2) is 52.2 Å². The molecule has 0 bridgehead atoms. The molecule has 0 fully saturated rings. The lowest BCUT2D eigenvalue weighted by Gasteiger charge is -1.98. The van der Waals surface area contributed by atoms with Gasteiger partial charge in [-0.2, -0.15) is 0 Å². The molecule has 0 aliphatic rings. The Morgan fingerprint density at radius 3 is 2.94 bits per heavy atom. The van der Waals surface area contributed by atoms with E-state index >= 15 is 0 Å². The molecule has 3 rings (SSSR count). The minimum atomic E-state index is 0.813. The van der Waals surface area contributed by atoms with Crippen molar-refractivity contribution < 1.29 is 4.42 Å². The smallest absolute Gasteiger partial charge is 0.155 e. The standard InChI is InChI=1S/C12H10N2OS/c1-16-12-11(9-5-4-8-15-9)13-10-6-2-3-7-14(10)12/h2-8H,1H3. The van der Waals surface area contributed by atoms with Gasteiger partial charge in [0, 0.05) is 6.20 Å². The molecular formula is C12H10N2OS. The van der Waals surface area contributed by atoms with E-state index < -0.39 is 0 Å². The molecule has 0 amide bonds. The molecule has 0 aliphatic heterocycles. The van der Waals surface area contributed by atoms with Crippen molar-refractivity contribution in [3.63, 3.8) is 0 Å². The summed E-state index contributed by atoms with van der Waals surface area (Å²) in [5, 5.41) is 1.10. The maximum atomic E-state index is 5.40. The van der Waals surface area contributed by atoms with Gasteiger partial charge in [0.05, 0.1) is 6.26 Å². The van der Waals surface area contributed by atoms with Gasteiger partial charge < -0.3 is 4.42 Å². The van der Waals surface area contributed by atoms with Crippen LogP contribution in [0, 0.1) is 0 Å². The molecule has 80 valence electrons. The Balaban J connectivity index is 2.32. The maximum absolute atomic E-state index is 5.40. The first-order chi connectivity index (χ1) is 7.90. The van der Waals surface area contributed by atoms with Gasteiger partial charge in [-0.05, 0) is 30.5 Å². The SMILES string of the molecule is CSc1c(-c2ccco2)nc2ccccn12. The molecule has 0 spiro atoms. The number of thioether (sulfide) groups is 1. The Morgan fingerprint density at radius 1 is 1.25 bits per heavy atom. The van der Waals surface area contributed by atoms with Crippen LogP contribution in [0.25, 0.3) is 17.1 Å². The summed E-state index contributed by atoms with van der Waals surface area (Å²) in [5.41, 5.74) is 1.85. The Labute approximate surface area is 97.1 Å². The van der Waals surface area contributed by atoms with Crippen molar-refractivity contribution in [1.82, 2.24) is 9.38 Å². The van der Waals surface area contributed by atoms with Crippen molar-refractivity contribution in [2.45, 2.75) is 5.03 Å². The van der Waals surface area contributed by atoms with Gasteiger partial charge in [-0.1, -0.05) is 6.07 Å². The molecule has 0 saturated carbocycles. The number of aromatic nitrogens is 2. The first kappa shape index (κ1) is 9.54. The summed E-state index contributed by atoms with van der Waals surface area (Å²) < 4.78 is 7.47. The third kappa shape index (κ3) is 1.34. The van der Waals surface area contributed by atoms with Crippen molar-refractivity contribution in [2.24, 2.45) is 0 Å². The largest absolute Gasteiger partial charge is 0.463 e. The van der Waals surface area contributed by atoms with Crippen LogP contribution >= 0.6 is 11.8 Å². The second-order valence-corrected chi connectivity index (χ2v) is 4.17. The Bertz CT molecular complexity index is 613. The first-order valence-electron chi connectivity index (χ1n) is 4.95. The second kappa shape index (κ2) is 3.72. The molecule has 3 nitrogen and oxygen atoms in total. The van der Waals surface area contributed by atoms with E-state index in [1.54, 1.807) is 18.0 Å². The van der Waals surface area contributed by atoms with Crippen LogP contribution in [-0.4, -0.2) is 15.6 Å². The molecule has 4 heteroatoms. The van der Waals surface area contributed by atoms with Crippen LogP contribution in [0.1, 0.15) is 0 Å². The van der Waals surface area contributed by atoms with Gasteiger partial charge in [0.1, 0.15) is 16.4 Å². The van der Waals surface area contributed by atoms with E-state index in [0.717, 1.165) is 22.1 Å². The lowest BCUT2D eigenvalue weighted by Crippen LogP contribution is -1.84. The highest BCUT2D eigenvalue weighted by molar-refractivity contribution is 7.98. The van der Waals surface area contributed by atoms with Crippen molar-refractivity contribution in [1.29, 1.82) is 0 Å². The molecule has 3 aromatic rings. The van der Waals surface area contributed by atoms with Crippen LogP contribution in [-0.2, 0) is 0 Å². The third-order valence-corrected chi connectivity index (χ3v) is 3.21. The van der Waals surface area contributed by atoms with Crippen molar-refractivity contribution >= 4 is 17.4 Å². The molecular weight excluding hydrogens is 220 g/mol. The number of furan rings is 1. The lowest BCUT2D eigenvalue weighted by molar-refractivity contribution is 0.579. The fraction of sp³-hybridized carbons (Fsp3) is 0.0833. The summed E-state index contributed by atoms with van der Waals surface area (Å²) in [6, 6.07) is 9.79. The molecule has 0 aromatic carbocycles. The number of hydrogen-bond acceptors (Lipinski definition) is 3. The predicted octanol–water partition coefficient (Wildman–Crippen LogP) is 3.32. The molecule has 3 heterocycles. The minimum absolute atomic E-state index is 0.813. The van der Waals surface area contributed by atoms with E-state index in [4.69, 9.17) is 4.42 Å². The Kier molecular flexibility index (Phi) is 2.22. The minimum Gasteiger partial charge on any atom is -0.463 e. The molecule has 16 heavy (non-hydrogen) atoms. The van der Waals surface area contributed by atoms with Gasteiger partial charge in [0.25, 0.3) is 0 Å². The number of pyridine rings is 1. The molecule has 0 atom stereocenters. The average Bonchev–Trinajstić information content (AvgIpc) is 2.95. The zero-order valence-corrected chi connectivity index (χ0v) is 9.57. The van der Waals surface area contributed by atoms with Gasteiger partial charge in [0.2, 0.25) is 0 Å². The predicted molar refractivity (Wildman–Crippen MR) is 64.7 cm³/mol. The lowest BCUT2D eigenvalue weighted by atomic mass is 10.3. The molecule has 0 aliphatic carbocycles. The van der Waals surface area contributed by atoms with E-state index in [-0.39, 0.29) is 0 Å². The quantitative estimate of drug-likeness (QED) is 0.633. The monoisotopic (exact) mass is 230 g/mol. The normalized spacial score (nSPS) is 11.1. The number of imidazole rings is 1. The van der Waals surface area contributed by atoms with Crippen molar-refractivity contribution in [3.8, 4) is 11.5 Å². The molecule has 0 unspecified atom stereocenters. The van der Waals surface area contributed by atoms with E-state index in [1.807, 2.05) is 42.8 Å². The van der Waals surface area contributed by atoms with Gasteiger partial charge in [-0.15, -0.1) is 11.8 Å². The zero-order chi connectivity index (χ0) is 11.0. The van der Waals surface area contributed by atoms with Crippen LogP contribution in [0.4, 0.5) is 0 Å². The Morgan fingerprint density at radius 2 is 2.19 bits per heavy atom. The van der Waals surface area contributed by atoms with E-state index in [1.165, 1.54) is 0 Å². The van der Waals surface area contributed by atoms with E-state index in [9.17, 15) is 0 Å². The highest BCUT2D eigenvalue weighted by Crippen LogP contribution is 2.30. The number of fused-ring (bicyclic) bond motifs is 1. The highest BCUT2D eigenvalue weighted by atomic mass is 32.2. The average molecular weight is 230 g/mol. The number of rotatable bonds is 2. The summed E-state index contributed by atoms with van der Waals surface area (Å²) in [5.74, 6) is 0.813. The van der Waals surface area contributed by atoms with E-state index in [2.05, 4.69) is 9.38 Å². The fourth-order valence-electron chi connectivity index (χ4n) is 1.74. The molecule has 3 aromatic heterocycles.